The number of benzene rings is 3. The number of piperidine rings is 1. The van der Waals surface area contributed by atoms with Crippen LogP contribution in [0.3, 0.4) is 0 Å². The highest BCUT2D eigenvalue weighted by molar-refractivity contribution is 6.01. The fourth-order valence-corrected chi connectivity index (χ4v) is 4.59. The summed E-state index contributed by atoms with van der Waals surface area (Å²) in [5, 5.41) is 10.6. The van der Waals surface area contributed by atoms with Gasteiger partial charge in [-0.05, 0) is 73.5 Å². The molecule has 0 atom stereocenters. The molecule has 3 aromatic carbocycles. The maximum absolute atomic E-state index is 13.6. The van der Waals surface area contributed by atoms with E-state index >= 15 is 0 Å². The number of phenols is 1. The smallest absolute Gasteiger partial charge is 0.344 e. The maximum Gasteiger partial charge on any atom is 0.344 e. The number of aromatic hydroxyl groups is 1. The number of rotatable bonds is 6. The van der Waals surface area contributed by atoms with Crippen molar-refractivity contribution in [3.8, 4) is 33.8 Å². The van der Waals surface area contributed by atoms with Gasteiger partial charge in [0, 0.05) is 23.6 Å². The molecule has 0 saturated carbocycles. The van der Waals surface area contributed by atoms with Gasteiger partial charge in [-0.1, -0.05) is 30.7 Å². The average molecular weight is 460 g/mol. The Hall–Kier alpha value is -3.64. The standard InChI is InChI=1S/C28H26FNO4/c29-21-9-7-19(8-10-21)27-26(24-12-11-22(31)18-25(24)34-28(27)32)20-5-4-6-23(17-20)33-16-15-30-13-2-1-3-14-30/h4-12,17-18,31H,1-3,13-16H2. The quantitative estimate of drug-likeness (QED) is 0.367. The van der Waals surface area contributed by atoms with E-state index in [0.717, 1.165) is 25.2 Å². The number of hydrogen-bond acceptors (Lipinski definition) is 5. The Bertz CT molecular complexity index is 1360. The van der Waals surface area contributed by atoms with Gasteiger partial charge in [-0.2, -0.15) is 0 Å². The number of fused-ring (bicyclic) bond motifs is 1. The van der Waals surface area contributed by atoms with Crippen LogP contribution in [0.2, 0.25) is 0 Å². The topological polar surface area (TPSA) is 62.9 Å². The zero-order valence-electron chi connectivity index (χ0n) is 18.8. The summed E-state index contributed by atoms with van der Waals surface area (Å²) in [5.41, 5.74) is 2.04. The van der Waals surface area contributed by atoms with E-state index in [0.29, 0.717) is 34.4 Å². The normalized spacial score (nSPS) is 14.4. The first-order valence-corrected chi connectivity index (χ1v) is 11.6. The van der Waals surface area contributed by atoms with Crippen molar-refractivity contribution in [2.75, 3.05) is 26.2 Å². The summed E-state index contributed by atoms with van der Waals surface area (Å²) in [7, 11) is 0. The minimum atomic E-state index is -0.559. The van der Waals surface area contributed by atoms with Crippen molar-refractivity contribution < 1.29 is 18.7 Å². The lowest BCUT2D eigenvalue weighted by molar-refractivity contribution is 0.183. The molecule has 5 nitrogen and oxygen atoms in total. The van der Waals surface area contributed by atoms with E-state index in [-0.39, 0.29) is 17.1 Å². The van der Waals surface area contributed by atoms with E-state index in [9.17, 15) is 14.3 Å². The third kappa shape index (κ3) is 4.68. The van der Waals surface area contributed by atoms with Gasteiger partial charge in [0.05, 0.1) is 5.56 Å². The van der Waals surface area contributed by atoms with Gasteiger partial charge < -0.3 is 14.3 Å². The zero-order valence-corrected chi connectivity index (χ0v) is 18.8. The van der Waals surface area contributed by atoms with E-state index in [1.165, 1.54) is 37.5 Å². The molecular formula is C28H26FNO4. The number of likely N-dealkylation sites (tertiary alicyclic amines) is 1. The van der Waals surface area contributed by atoms with Crippen molar-refractivity contribution in [2.45, 2.75) is 19.3 Å². The Labute approximate surface area is 197 Å². The number of ether oxygens (including phenoxy) is 1. The zero-order chi connectivity index (χ0) is 23.5. The predicted molar refractivity (Wildman–Crippen MR) is 131 cm³/mol. The largest absolute Gasteiger partial charge is 0.508 e. The lowest BCUT2D eigenvalue weighted by Gasteiger charge is -2.26. The molecule has 0 aliphatic carbocycles. The number of hydrogen-bond donors (Lipinski definition) is 1. The Morgan fingerprint density at radius 1 is 0.912 bits per heavy atom. The van der Waals surface area contributed by atoms with Crippen LogP contribution in [0.5, 0.6) is 11.5 Å². The molecule has 5 rings (SSSR count). The monoisotopic (exact) mass is 459 g/mol. The first kappa shape index (κ1) is 22.2. The van der Waals surface area contributed by atoms with Crippen molar-refractivity contribution >= 4 is 11.0 Å². The minimum absolute atomic E-state index is 0.00549. The molecule has 174 valence electrons. The van der Waals surface area contributed by atoms with Crippen molar-refractivity contribution in [3.05, 3.63) is 83.0 Å². The Kier molecular flexibility index (Phi) is 6.32. The molecule has 0 amide bonds. The number of halogens is 1. The maximum atomic E-state index is 13.6. The van der Waals surface area contributed by atoms with Crippen molar-refractivity contribution in [3.63, 3.8) is 0 Å². The van der Waals surface area contributed by atoms with Gasteiger partial charge in [0.2, 0.25) is 0 Å². The van der Waals surface area contributed by atoms with Crippen LogP contribution >= 0.6 is 0 Å². The molecule has 2 heterocycles. The first-order chi connectivity index (χ1) is 16.6. The molecule has 1 aliphatic rings. The van der Waals surface area contributed by atoms with Crippen LogP contribution in [0.25, 0.3) is 33.2 Å². The molecule has 0 bridgehead atoms. The lowest BCUT2D eigenvalue weighted by atomic mass is 9.93. The van der Waals surface area contributed by atoms with Crippen molar-refractivity contribution in [1.29, 1.82) is 0 Å². The third-order valence-electron chi connectivity index (χ3n) is 6.27. The van der Waals surface area contributed by atoms with E-state index in [2.05, 4.69) is 4.90 Å². The molecular weight excluding hydrogens is 433 g/mol. The van der Waals surface area contributed by atoms with E-state index in [1.54, 1.807) is 24.3 Å². The molecule has 0 spiro atoms. The third-order valence-corrected chi connectivity index (χ3v) is 6.27. The Morgan fingerprint density at radius 3 is 2.50 bits per heavy atom. The van der Waals surface area contributed by atoms with Crippen LogP contribution in [0.4, 0.5) is 4.39 Å². The first-order valence-electron chi connectivity index (χ1n) is 11.6. The van der Waals surface area contributed by atoms with Gasteiger partial charge in [-0.3, -0.25) is 4.90 Å². The second-order valence-corrected chi connectivity index (χ2v) is 8.61. The minimum Gasteiger partial charge on any atom is -0.508 e. The fraction of sp³-hybridized carbons (Fsp3) is 0.250. The van der Waals surface area contributed by atoms with Crippen molar-refractivity contribution in [2.24, 2.45) is 0 Å². The SMILES string of the molecule is O=c1oc2cc(O)ccc2c(-c2cccc(OCCN3CCCCC3)c2)c1-c1ccc(F)cc1. The van der Waals surface area contributed by atoms with Crippen LogP contribution in [0.1, 0.15) is 19.3 Å². The van der Waals surface area contributed by atoms with Crippen molar-refractivity contribution in [1.82, 2.24) is 4.90 Å². The Morgan fingerprint density at radius 2 is 1.71 bits per heavy atom. The summed E-state index contributed by atoms with van der Waals surface area (Å²) < 4.78 is 25.2. The fourth-order valence-electron chi connectivity index (χ4n) is 4.59. The van der Waals surface area contributed by atoms with Crippen LogP contribution in [-0.2, 0) is 0 Å². The van der Waals surface area contributed by atoms with Crippen LogP contribution in [0.15, 0.2) is 75.9 Å². The lowest BCUT2D eigenvalue weighted by Crippen LogP contribution is -2.33. The van der Waals surface area contributed by atoms with Gasteiger partial charge in [-0.15, -0.1) is 0 Å². The summed E-state index contributed by atoms with van der Waals surface area (Å²) in [6.07, 6.45) is 3.77. The van der Waals surface area contributed by atoms with Gasteiger partial charge in [-0.25, -0.2) is 9.18 Å². The van der Waals surface area contributed by atoms with Crippen LogP contribution < -0.4 is 10.4 Å². The van der Waals surface area contributed by atoms with E-state index < -0.39 is 5.63 Å². The molecule has 34 heavy (non-hydrogen) atoms. The van der Waals surface area contributed by atoms with Crippen LogP contribution in [0, 0.1) is 5.82 Å². The van der Waals surface area contributed by atoms with E-state index in [4.69, 9.17) is 9.15 Å². The highest BCUT2D eigenvalue weighted by atomic mass is 19.1. The highest BCUT2D eigenvalue weighted by Gasteiger charge is 2.19. The van der Waals surface area contributed by atoms with Gasteiger partial charge >= 0.3 is 5.63 Å². The molecule has 1 aromatic heterocycles. The molecule has 1 fully saturated rings. The molecule has 1 aliphatic heterocycles. The van der Waals surface area contributed by atoms with E-state index in [1.807, 2.05) is 24.3 Å². The molecule has 1 saturated heterocycles. The van der Waals surface area contributed by atoms with Gasteiger partial charge in [0.25, 0.3) is 0 Å². The summed E-state index contributed by atoms with van der Waals surface area (Å²) in [4.78, 5) is 15.5. The second-order valence-electron chi connectivity index (χ2n) is 8.61. The molecule has 1 N–H and O–H groups in total. The molecule has 4 aromatic rings. The van der Waals surface area contributed by atoms with Gasteiger partial charge in [0.1, 0.15) is 29.5 Å². The number of phenolic OH excluding ortho intramolecular Hbond substituents is 1. The summed E-state index contributed by atoms with van der Waals surface area (Å²) in [5.74, 6) is 0.329. The predicted octanol–water partition coefficient (Wildman–Crippen LogP) is 5.84. The average Bonchev–Trinajstić information content (AvgIpc) is 2.85. The number of nitrogens with zero attached hydrogens (tertiary/aromatic N) is 1. The molecule has 0 radical (unpaired) electrons. The summed E-state index contributed by atoms with van der Waals surface area (Å²) in [6, 6.07) is 18.1. The molecule has 0 unspecified atom stereocenters. The molecule has 6 heteroatoms. The van der Waals surface area contributed by atoms with Crippen LogP contribution in [-0.4, -0.2) is 36.2 Å². The Balaban J connectivity index is 1.55. The second kappa shape index (κ2) is 9.69. The summed E-state index contributed by atoms with van der Waals surface area (Å²) in [6.45, 7) is 3.69. The summed E-state index contributed by atoms with van der Waals surface area (Å²) >= 11 is 0. The highest BCUT2D eigenvalue weighted by Crippen LogP contribution is 2.38. The van der Waals surface area contributed by atoms with Gasteiger partial charge in [0.15, 0.2) is 0 Å².